The fourth-order valence-electron chi connectivity index (χ4n) is 4.79. The average molecular weight is 661 g/mol. The summed E-state index contributed by atoms with van der Waals surface area (Å²) in [7, 11) is -4.02. The first-order chi connectivity index (χ1) is 21.7. The maximum atomic E-state index is 13.7. The second-order valence-electron chi connectivity index (χ2n) is 11.4. The Morgan fingerprint density at radius 2 is 1.63 bits per heavy atom. The van der Waals surface area contributed by atoms with Crippen molar-refractivity contribution in [1.29, 1.82) is 0 Å². The number of ether oxygens (including phenoxy) is 3. The number of aliphatic hydroxyl groups excluding tert-OH is 3. The number of pyridine rings is 1. The minimum atomic E-state index is -4.02. The van der Waals surface area contributed by atoms with Crippen LogP contribution in [0.2, 0.25) is 0 Å². The standard InChI is InChI=1S/C31H36N2O12S/c1-31(2,18-44-30-27(38)25(36)26(37)28(45-30)29(39)40)21-10-8-19(9-11-21)15-33(46(41,42)23-7-4-12-32-14-23)16-20-5-3-6-22(13-20)43-17-24(34)35/h3-14,25-28,30,36-38H,15-18H2,1-2H3,(H,34,35)(H,39,40)/t25-,26-,27+,28-,30?/m0/s1. The van der Waals surface area contributed by atoms with E-state index in [1.54, 1.807) is 48.5 Å². The molecule has 0 aliphatic carbocycles. The van der Waals surface area contributed by atoms with Crippen molar-refractivity contribution in [2.24, 2.45) is 0 Å². The highest BCUT2D eigenvalue weighted by Gasteiger charge is 2.47. The summed E-state index contributed by atoms with van der Waals surface area (Å²) in [5, 5.41) is 48.4. The smallest absolute Gasteiger partial charge is 0.341 e. The van der Waals surface area contributed by atoms with Crippen LogP contribution in [0.15, 0.2) is 78.0 Å². The van der Waals surface area contributed by atoms with Crippen LogP contribution in [0.25, 0.3) is 0 Å². The SMILES string of the molecule is CC(C)(COC1O[C@H](C(=O)O)[C@@H](O)[C@H](O)[C@H]1O)c1ccc(CN(Cc2cccc(OCC(=O)O)c2)S(=O)(=O)c2cccnc2)cc1. The van der Waals surface area contributed by atoms with Crippen LogP contribution in [0.5, 0.6) is 5.75 Å². The van der Waals surface area contributed by atoms with Gasteiger partial charge in [-0.2, -0.15) is 4.31 Å². The molecule has 0 bridgehead atoms. The molecule has 4 rings (SSSR count). The molecular weight excluding hydrogens is 624 g/mol. The summed E-state index contributed by atoms with van der Waals surface area (Å²) in [6, 6.07) is 16.5. The zero-order chi connectivity index (χ0) is 33.6. The molecule has 3 aromatic rings. The Kier molecular flexibility index (Phi) is 11.1. The number of nitrogens with zero attached hydrogens (tertiary/aromatic N) is 2. The summed E-state index contributed by atoms with van der Waals surface area (Å²) in [5.74, 6) is -2.38. The molecule has 1 aromatic heterocycles. The van der Waals surface area contributed by atoms with Gasteiger partial charge in [-0.25, -0.2) is 18.0 Å². The van der Waals surface area contributed by atoms with Crippen LogP contribution in [-0.4, -0.2) is 99.1 Å². The van der Waals surface area contributed by atoms with Gasteiger partial charge < -0.3 is 39.7 Å². The van der Waals surface area contributed by atoms with Gasteiger partial charge in [-0.1, -0.05) is 50.2 Å². The Bertz CT molecular complexity index is 1600. The predicted molar refractivity (Wildman–Crippen MR) is 160 cm³/mol. The molecule has 0 spiro atoms. The molecule has 15 heteroatoms. The number of aromatic nitrogens is 1. The molecule has 1 unspecified atom stereocenters. The highest BCUT2D eigenvalue weighted by atomic mass is 32.2. The van der Waals surface area contributed by atoms with Crippen molar-refractivity contribution in [3.8, 4) is 5.75 Å². The van der Waals surface area contributed by atoms with Crippen molar-refractivity contribution in [3.05, 3.63) is 89.7 Å². The zero-order valence-electron chi connectivity index (χ0n) is 25.0. The van der Waals surface area contributed by atoms with Crippen molar-refractivity contribution in [2.75, 3.05) is 13.2 Å². The average Bonchev–Trinajstić information content (AvgIpc) is 3.02. The summed E-state index contributed by atoms with van der Waals surface area (Å²) < 4.78 is 44.8. The zero-order valence-corrected chi connectivity index (χ0v) is 25.9. The molecule has 2 heterocycles. The van der Waals surface area contributed by atoms with Crippen LogP contribution in [0.1, 0.15) is 30.5 Å². The Balaban J connectivity index is 1.51. The first-order valence-electron chi connectivity index (χ1n) is 14.2. The highest BCUT2D eigenvalue weighted by Crippen LogP contribution is 2.29. The van der Waals surface area contributed by atoms with Crippen molar-refractivity contribution in [3.63, 3.8) is 0 Å². The molecule has 2 aromatic carbocycles. The minimum Gasteiger partial charge on any atom is -0.482 e. The molecule has 1 aliphatic rings. The Morgan fingerprint density at radius 3 is 2.26 bits per heavy atom. The Hall–Kier alpha value is -3.96. The largest absolute Gasteiger partial charge is 0.482 e. The summed E-state index contributed by atoms with van der Waals surface area (Å²) >= 11 is 0. The second-order valence-corrected chi connectivity index (χ2v) is 13.4. The molecule has 1 saturated heterocycles. The maximum Gasteiger partial charge on any atom is 0.341 e. The van der Waals surface area contributed by atoms with Gasteiger partial charge in [0, 0.05) is 30.9 Å². The molecule has 5 atom stereocenters. The Labute approximate surface area is 265 Å². The molecule has 14 nitrogen and oxygen atoms in total. The van der Waals surface area contributed by atoms with E-state index < -0.39 is 64.7 Å². The topological polar surface area (TPSA) is 213 Å². The third-order valence-electron chi connectivity index (χ3n) is 7.41. The number of carboxylic acid groups (broad SMARTS) is 2. The van der Waals surface area contributed by atoms with Crippen molar-refractivity contribution >= 4 is 22.0 Å². The van der Waals surface area contributed by atoms with Gasteiger partial charge in [-0.3, -0.25) is 4.98 Å². The van der Waals surface area contributed by atoms with Gasteiger partial charge in [0.05, 0.1) is 6.61 Å². The lowest BCUT2D eigenvalue weighted by atomic mass is 9.85. The van der Waals surface area contributed by atoms with Crippen LogP contribution >= 0.6 is 0 Å². The van der Waals surface area contributed by atoms with E-state index in [9.17, 15) is 38.4 Å². The first kappa shape index (κ1) is 34.9. The number of carboxylic acids is 2. The summed E-state index contributed by atoms with van der Waals surface area (Å²) in [6.45, 7) is 2.98. The summed E-state index contributed by atoms with van der Waals surface area (Å²) in [6.07, 6.45) is -5.86. The van der Waals surface area contributed by atoms with Gasteiger partial charge in [-0.15, -0.1) is 0 Å². The lowest BCUT2D eigenvalue weighted by Gasteiger charge is -2.39. The monoisotopic (exact) mass is 660 g/mol. The van der Waals surface area contributed by atoms with E-state index in [4.69, 9.17) is 19.3 Å². The van der Waals surface area contributed by atoms with Crippen LogP contribution < -0.4 is 4.74 Å². The van der Waals surface area contributed by atoms with Crippen LogP contribution in [0, 0.1) is 0 Å². The normalized spacial score (nSPS) is 22.0. The number of carbonyl (C=O) groups is 2. The number of rotatable bonds is 14. The molecule has 1 aliphatic heterocycles. The second kappa shape index (κ2) is 14.6. The quantitative estimate of drug-likeness (QED) is 0.164. The van der Waals surface area contributed by atoms with Crippen molar-refractivity contribution < 1.29 is 57.8 Å². The molecule has 0 amide bonds. The number of aliphatic hydroxyl groups is 3. The molecule has 5 N–H and O–H groups in total. The number of sulfonamides is 1. The highest BCUT2D eigenvalue weighted by molar-refractivity contribution is 7.89. The van der Waals surface area contributed by atoms with Gasteiger partial charge in [0.15, 0.2) is 19.0 Å². The lowest BCUT2D eigenvalue weighted by molar-refractivity contribution is -0.296. The van der Waals surface area contributed by atoms with E-state index >= 15 is 0 Å². The molecule has 1 fully saturated rings. The fraction of sp³-hybridized carbons (Fsp3) is 0.387. The van der Waals surface area contributed by atoms with Crippen molar-refractivity contribution in [1.82, 2.24) is 9.29 Å². The maximum absolute atomic E-state index is 13.7. The minimum absolute atomic E-state index is 0.00178. The van der Waals surface area contributed by atoms with Gasteiger partial charge in [0.1, 0.15) is 29.0 Å². The number of hydrogen-bond acceptors (Lipinski definition) is 11. The van der Waals surface area contributed by atoms with Gasteiger partial charge >= 0.3 is 11.9 Å². The number of aliphatic carboxylic acids is 2. The van der Waals surface area contributed by atoms with E-state index in [1.165, 1.54) is 28.8 Å². The fourth-order valence-corrected chi connectivity index (χ4v) is 6.17. The van der Waals surface area contributed by atoms with Gasteiger partial charge in [0.25, 0.3) is 0 Å². The molecular formula is C31H36N2O12S. The Morgan fingerprint density at radius 1 is 0.935 bits per heavy atom. The van der Waals surface area contributed by atoms with Crippen LogP contribution in [-0.2, 0) is 47.6 Å². The van der Waals surface area contributed by atoms with E-state index in [1.807, 2.05) is 13.8 Å². The first-order valence-corrected chi connectivity index (χ1v) is 15.6. The summed E-state index contributed by atoms with van der Waals surface area (Å²) in [4.78, 5) is 26.3. The molecule has 46 heavy (non-hydrogen) atoms. The van der Waals surface area contributed by atoms with E-state index in [-0.39, 0.29) is 30.3 Å². The van der Waals surface area contributed by atoms with Crippen LogP contribution in [0.4, 0.5) is 0 Å². The molecule has 0 radical (unpaired) electrons. The van der Waals surface area contributed by atoms with Gasteiger partial charge in [0.2, 0.25) is 10.0 Å². The predicted octanol–water partition coefficient (Wildman–Crippen LogP) is 1.12. The molecule has 0 saturated carbocycles. The third-order valence-corrected chi connectivity index (χ3v) is 9.18. The third kappa shape index (κ3) is 8.44. The number of hydrogen-bond donors (Lipinski definition) is 5. The lowest BCUT2D eigenvalue weighted by Crippen LogP contribution is -2.60. The molecule has 248 valence electrons. The van der Waals surface area contributed by atoms with E-state index in [0.29, 0.717) is 11.1 Å². The van der Waals surface area contributed by atoms with Crippen molar-refractivity contribution in [2.45, 2.75) is 68.0 Å². The van der Waals surface area contributed by atoms with Gasteiger partial charge in [-0.05, 0) is 41.0 Å². The van der Waals surface area contributed by atoms with Crippen LogP contribution in [0.3, 0.4) is 0 Å². The summed E-state index contributed by atoms with van der Waals surface area (Å²) in [5.41, 5.74) is 1.28. The van der Waals surface area contributed by atoms with E-state index in [2.05, 4.69) is 4.98 Å². The van der Waals surface area contributed by atoms with E-state index in [0.717, 1.165) is 5.56 Å². The number of benzene rings is 2.